The Morgan fingerprint density at radius 2 is 0.927 bits per heavy atom. The molecule has 11 aromatic rings. The van der Waals surface area contributed by atoms with Crippen molar-refractivity contribution in [3.63, 3.8) is 0 Å². The zero-order valence-electron chi connectivity index (χ0n) is 29.8. The molecule has 0 aliphatic carbocycles. The lowest BCUT2D eigenvalue weighted by atomic mass is 9.94. The minimum Gasteiger partial charge on any atom is -0.309 e. The van der Waals surface area contributed by atoms with Crippen LogP contribution in [0.4, 0.5) is 0 Å². The summed E-state index contributed by atoms with van der Waals surface area (Å²) in [4.78, 5) is 15.7. The van der Waals surface area contributed by atoms with Crippen molar-refractivity contribution in [2.75, 3.05) is 0 Å². The van der Waals surface area contributed by atoms with Crippen LogP contribution in [0.25, 0.3) is 105 Å². The van der Waals surface area contributed by atoms with Gasteiger partial charge >= 0.3 is 0 Å². The van der Waals surface area contributed by atoms with Gasteiger partial charge in [0.05, 0.1) is 33.5 Å². The molecule has 0 atom stereocenters. The minimum atomic E-state index is 0.704. The molecule has 0 fully saturated rings. The molecule has 55 heavy (non-hydrogen) atoms. The van der Waals surface area contributed by atoms with Gasteiger partial charge in [0, 0.05) is 54.9 Å². The fourth-order valence-corrected chi connectivity index (χ4v) is 8.21. The molecule has 3 heterocycles. The highest BCUT2D eigenvalue weighted by molar-refractivity contribution is 6.21. The van der Waals surface area contributed by atoms with Crippen LogP contribution in [-0.2, 0) is 0 Å². The molecule has 0 aliphatic rings. The molecule has 0 saturated heterocycles. The maximum Gasteiger partial charge on any atom is 0.160 e. The Kier molecular flexibility index (Phi) is 7.14. The van der Waals surface area contributed by atoms with Gasteiger partial charge in [-0.15, -0.1) is 0 Å². The number of rotatable bonds is 5. The zero-order chi connectivity index (χ0) is 36.3. The summed E-state index contributed by atoms with van der Waals surface area (Å²) in [6.45, 7) is 0. The van der Waals surface area contributed by atoms with Crippen LogP contribution in [0.3, 0.4) is 0 Å². The van der Waals surface area contributed by atoms with Crippen LogP contribution in [0.2, 0.25) is 0 Å². The van der Waals surface area contributed by atoms with Crippen LogP contribution in [0.1, 0.15) is 0 Å². The van der Waals surface area contributed by atoms with Crippen LogP contribution >= 0.6 is 0 Å². The maximum atomic E-state index is 5.53. The number of pyridine rings is 1. The first kappa shape index (κ1) is 31.1. The molecule has 0 saturated carbocycles. The van der Waals surface area contributed by atoms with Crippen LogP contribution in [0.5, 0.6) is 0 Å². The van der Waals surface area contributed by atoms with Crippen molar-refractivity contribution in [1.29, 1.82) is 0 Å². The van der Waals surface area contributed by atoms with Gasteiger partial charge in [0.1, 0.15) is 0 Å². The second-order valence-corrected chi connectivity index (χ2v) is 14.0. The van der Waals surface area contributed by atoms with Gasteiger partial charge in [-0.25, -0.2) is 15.0 Å². The number of para-hydroxylation sites is 4. The standard InChI is InChI=1S/C51H32N4/c1-4-15-34(16-5-1)48-41-22-10-12-25-45(41)52-51(54-48)36-29-27-33(28-30-36)38-23-14-24-40-42-32-47-43(31-44(42)49(53-50(38)40)35-17-6-2-7-18-35)39-21-11-13-26-46(39)55(47)37-19-8-3-9-20-37/h1-32H. The van der Waals surface area contributed by atoms with Crippen molar-refractivity contribution in [2.45, 2.75) is 0 Å². The highest BCUT2D eigenvalue weighted by Gasteiger charge is 2.19. The fourth-order valence-electron chi connectivity index (χ4n) is 8.21. The molecular weight excluding hydrogens is 669 g/mol. The van der Waals surface area contributed by atoms with Crippen molar-refractivity contribution >= 4 is 54.4 Å². The van der Waals surface area contributed by atoms with E-state index in [-0.39, 0.29) is 0 Å². The van der Waals surface area contributed by atoms with Crippen LogP contribution in [-0.4, -0.2) is 19.5 Å². The number of fused-ring (bicyclic) bond motifs is 7. The van der Waals surface area contributed by atoms with Gasteiger partial charge in [-0.3, -0.25) is 0 Å². The van der Waals surface area contributed by atoms with Crippen LogP contribution < -0.4 is 0 Å². The molecular formula is C51H32N4. The van der Waals surface area contributed by atoms with Gasteiger partial charge in [0.2, 0.25) is 0 Å². The SMILES string of the molecule is c1ccc(-c2nc(-c3ccc(-c4cccc5c4nc(-c4ccccc4)c4cc6c7ccccc7n(-c7ccccc7)c6cc45)cc3)nc3ccccc23)cc1. The molecule has 0 radical (unpaired) electrons. The van der Waals surface area contributed by atoms with E-state index in [9.17, 15) is 0 Å². The Morgan fingerprint density at radius 1 is 0.327 bits per heavy atom. The Bertz CT molecular complexity index is 3220. The monoisotopic (exact) mass is 700 g/mol. The molecule has 0 bridgehead atoms. The normalized spacial score (nSPS) is 11.6. The summed E-state index contributed by atoms with van der Waals surface area (Å²) in [5.74, 6) is 0.704. The summed E-state index contributed by atoms with van der Waals surface area (Å²) in [7, 11) is 0. The molecule has 0 aliphatic heterocycles. The molecule has 8 aromatic carbocycles. The van der Waals surface area contributed by atoms with E-state index in [2.05, 4.69) is 180 Å². The van der Waals surface area contributed by atoms with Gasteiger partial charge in [0.25, 0.3) is 0 Å². The lowest BCUT2D eigenvalue weighted by molar-refractivity contribution is 1.18. The largest absolute Gasteiger partial charge is 0.309 e. The van der Waals surface area contributed by atoms with E-state index >= 15 is 0 Å². The van der Waals surface area contributed by atoms with Crippen molar-refractivity contribution in [2.24, 2.45) is 0 Å². The summed E-state index contributed by atoms with van der Waals surface area (Å²) in [6, 6.07) is 68.4. The van der Waals surface area contributed by atoms with Gasteiger partial charge in [-0.05, 0) is 47.3 Å². The highest BCUT2D eigenvalue weighted by atomic mass is 15.0. The second kappa shape index (κ2) is 12.6. The van der Waals surface area contributed by atoms with Gasteiger partial charge in [0.15, 0.2) is 5.82 Å². The first-order chi connectivity index (χ1) is 27.3. The molecule has 4 nitrogen and oxygen atoms in total. The first-order valence-corrected chi connectivity index (χ1v) is 18.6. The predicted octanol–water partition coefficient (Wildman–Crippen LogP) is 13.1. The third-order valence-corrected chi connectivity index (χ3v) is 10.8. The lowest BCUT2D eigenvalue weighted by Crippen LogP contribution is -1.96. The molecule has 256 valence electrons. The average molecular weight is 701 g/mol. The summed E-state index contributed by atoms with van der Waals surface area (Å²) in [6.07, 6.45) is 0. The number of benzene rings is 8. The lowest BCUT2D eigenvalue weighted by Gasteiger charge is -2.15. The quantitative estimate of drug-likeness (QED) is 0.168. The Morgan fingerprint density at radius 3 is 1.67 bits per heavy atom. The molecule has 0 spiro atoms. The first-order valence-electron chi connectivity index (χ1n) is 18.6. The third-order valence-electron chi connectivity index (χ3n) is 10.8. The third kappa shape index (κ3) is 5.11. The van der Waals surface area contributed by atoms with Gasteiger partial charge in [-0.1, -0.05) is 158 Å². The van der Waals surface area contributed by atoms with Crippen molar-refractivity contribution < 1.29 is 0 Å². The van der Waals surface area contributed by atoms with Crippen molar-refractivity contribution in [3.8, 4) is 50.7 Å². The molecule has 0 N–H and O–H groups in total. The maximum absolute atomic E-state index is 5.53. The Balaban J connectivity index is 1.12. The Hall–Kier alpha value is -7.43. The zero-order valence-corrected chi connectivity index (χ0v) is 29.8. The van der Waals surface area contributed by atoms with Gasteiger partial charge in [-0.2, -0.15) is 0 Å². The summed E-state index contributed by atoms with van der Waals surface area (Å²) in [5, 5.41) is 6.91. The van der Waals surface area contributed by atoms with E-state index in [4.69, 9.17) is 15.0 Å². The Labute approximate surface area is 317 Å². The van der Waals surface area contributed by atoms with E-state index in [0.717, 1.165) is 72.1 Å². The average Bonchev–Trinajstić information content (AvgIpc) is 3.59. The second-order valence-electron chi connectivity index (χ2n) is 14.0. The molecule has 4 heteroatoms. The number of hydrogen-bond acceptors (Lipinski definition) is 3. The van der Waals surface area contributed by atoms with Crippen molar-refractivity contribution in [3.05, 3.63) is 194 Å². The van der Waals surface area contributed by atoms with Crippen molar-refractivity contribution in [1.82, 2.24) is 19.5 Å². The summed E-state index contributed by atoms with van der Waals surface area (Å²) in [5.41, 5.74) is 12.6. The summed E-state index contributed by atoms with van der Waals surface area (Å²) >= 11 is 0. The smallest absolute Gasteiger partial charge is 0.160 e. The predicted molar refractivity (Wildman–Crippen MR) is 228 cm³/mol. The molecule has 11 rings (SSSR count). The molecule has 3 aromatic heterocycles. The summed E-state index contributed by atoms with van der Waals surface area (Å²) < 4.78 is 2.39. The van der Waals surface area contributed by atoms with E-state index in [1.807, 2.05) is 18.2 Å². The molecule has 0 unspecified atom stereocenters. The number of aromatic nitrogens is 4. The van der Waals surface area contributed by atoms with Crippen LogP contribution in [0, 0.1) is 0 Å². The highest BCUT2D eigenvalue weighted by Crippen LogP contribution is 2.42. The van der Waals surface area contributed by atoms with Gasteiger partial charge < -0.3 is 4.57 Å². The van der Waals surface area contributed by atoms with Crippen LogP contribution in [0.15, 0.2) is 194 Å². The van der Waals surface area contributed by atoms with E-state index in [0.29, 0.717) is 5.82 Å². The number of nitrogens with zero attached hydrogens (tertiary/aromatic N) is 4. The number of hydrogen-bond donors (Lipinski definition) is 0. The molecule has 0 amide bonds. The van der Waals surface area contributed by atoms with E-state index < -0.39 is 0 Å². The van der Waals surface area contributed by atoms with E-state index in [1.54, 1.807) is 0 Å². The topological polar surface area (TPSA) is 43.6 Å². The minimum absolute atomic E-state index is 0.704. The van der Waals surface area contributed by atoms with E-state index in [1.165, 1.54) is 27.2 Å². The fraction of sp³-hybridized carbons (Fsp3) is 0.